The number of aryl methyl sites for hydroxylation is 1. The van der Waals surface area contributed by atoms with E-state index in [0.717, 1.165) is 22.9 Å². The first-order chi connectivity index (χ1) is 9.24. The molecule has 0 saturated heterocycles. The monoisotopic (exact) mass is 254 g/mol. The quantitative estimate of drug-likeness (QED) is 0.715. The van der Waals surface area contributed by atoms with Crippen LogP contribution in [0.4, 0.5) is 5.69 Å². The molecule has 0 aliphatic carbocycles. The van der Waals surface area contributed by atoms with Crippen molar-refractivity contribution in [2.45, 2.75) is 6.54 Å². The molecule has 2 heterocycles. The van der Waals surface area contributed by atoms with E-state index in [4.69, 9.17) is 5.73 Å². The fraction of sp³-hybridized carbons (Fsp3) is 0.154. The Morgan fingerprint density at radius 2 is 2.16 bits per heavy atom. The lowest BCUT2D eigenvalue weighted by Gasteiger charge is -2.07. The minimum atomic E-state index is 0.626. The van der Waals surface area contributed by atoms with Crippen molar-refractivity contribution in [1.82, 2.24) is 24.3 Å². The molecule has 0 bridgehead atoms. The Labute approximate surface area is 110 Å². The minimum absolute atomic E-state index is 0.626. The van der Waals surface area contributed by atoms with Gasteiger partial charge in [-0.2, -0.15) is 5.10 Å². The van der Waals surface area contributed by atoms with Crippen LogP contribution < -0.4 is 5.73 Å². The molecule has 1 aromatic carbocycles. The molecule has 0 aliphatic heterocycles. The molecule has 96 valence electrons. The van der Waals surface area contributed by atoms with Gasteiger partial charge in [0.05, 0.1) is 6.54 Å². The maximum absolute atomic E-state index is 5.81. The Kier molecular flexibility index (Phi) is 2.75. The number of rotatable bonds is 3. The average Bonchev–Trinajstić information content (AvgIpc) is 3.00. The van der Waals surface area contributed by atoms with E-state index in [1.165, 1.54) is 0 Å². The van der Waals surface area contributed by atoms with E-state index >= 15 is 0 Å². The summed E-state index contributed by atoms with van der Waals surface area (Å²) in [4.78, 5) is 8.61. The van der Waals surface area contributed by atoms with Crippen LogP contribution in [0, 0.1) is 0 Å². The summed E-state index contributed by atoms with van der Waals surface area (Å²) in [5, 5.41) is 4.07. The third kappa shape index (κ3) is 2.20. The molecule has 6 nitrogen and oxygen atoms in total. The summed E-state index contributed by atoms with van der Waals surface area (Å²) in [5.74, 6) is 1.75. The molecule has 0 atom stereocenters. The fourth-order valence-corrected chi connectivity index (χ4v) is 1.99. The van der Waals surface area contributed by atoms with E-state index in [1.54, 1.807) is 17.2 Å². The molecule has 0 spiro atoms. The van der Waals surface area contributed by atoms with Crippen LogP contribution >= 0.6 is 0 Å². The summed E-state index contributed by atoms with van der Waals surface area (Å²) in [6, 6.07) is 7.69. The molecule has 2 aromatic heterocycles. The van der Waals surface area contributed by atoms with Gasteiger partial charge >= 0.3 is 0 Å². The number of nitrogens with zero attached hydrogens (tertiary/aromatic N) is 5. The Hall–Kier alpha value is -2.63. The second-order valence-corrected chi connectivity index (χ2v) is 4.30. The van der Waals surface area contributed by atoms with Gasteiger partial charge in [0.2, 0.25) is 0 Å². The number of hydrogen-bond donors (Lipinski definition) is 1. The molecule has 3 rings (SSSR count). The number of nitrogens with two attached hydrogens (primary N) is 1. The van der Waals surface area contributed by atoms with Crippen molar-refractivity contribution >= 4 is 5.69 Å². The van der Waals surface area contributed by atoms with E-state index in [1.807, 2.05) is 42.1 Å². The Bertz CT molecular complexity index is 696. The van der Waals surface area contributed by atoms with Crippen LogP contribution in [0.25, 0.3) is 11.4 Å². The van der Waals surface area contributed by atoms with Gasteiger partial charge in [-0.15, -0.1) is 0 Å². The van der Waals surface area contributed by atoms with Gasteiger partial charge in [0.15, 0.2) is 0 Å². The summed E-state index contributed by atoms with van der Waals surface area (Å²) >= 11 is 0. The van der Waals surface area contributed by atoms with Gasteiger partial charge in [-0.25, -0.2) is 9.97 Å². The van der Waals surface area contributed by atoms with Crippen LogP contribution in [-0.2, 0) is 13.6 Å². The van der Waals surface area contributed by atoms with Crippen molar-refractivity contribution < 1.29 is 0 Å². The molecule has 6 heteroatoms. The van der Waals surface area contributed by atoms with Crippen LogP contribution in [-0.4, -0.2) is 24.3 Å². The zero-order valence-corrected chi connectivity index (χ0v) is 10.6. The highest BCUT2D eigenvalue weighted by Crippen LogP contribution is 2.20. The third-order valence-electron chi connectivity index (χ3n) is 2.98. The first-order valence-corrected chi connectivity index (χ1v) is 5.94. The van der Waals surface area contributed by atoms with Crippen molar-refractivity contribution in [1.29, 1.82) is 0 Å². The van der Waals surface area contributed by atoms with Gasteiger partial charge < -0.3 is 10.3 Å². The lowest BCUT2D eigenvalue weighted by molar-refractivity contribution is 0.656. The highest BCUT2D eigenvalue weighted by molar-refractivity contribution is 5.61. The number of aromatic nitrogens is 5. The first kappa shape index (κ1) is 11.5. The summed E-state index contributed by atoms with van der Waals surface area (Å²) in [5.41, 5.74) is 7.53. The van der Waals surface area contributed by atoms with Gasteiger partial charge in [0.1, 0.15) is 18.0 Å². The third-order valence-corrected chi connectivity index (χ3v) is 2.98. The summed E-state index contributed by atoms with van der Waals surface area (Å²) in [7, 11) is 1.87. The van der Waals surface area contributed by atoms with E-state index < -0.39 is 0 Å². The second-order valence-electron chi connectivity index (χ2n) is 4.30. The van der Waals surface area contributed by atoms with E-state index in [2.05, 4.69) is 15.1 Å². The topological polar surface area (TPSA) is 74.5 Å². The van der Waals surface area contributed by atoms with Crippen LogP contribution in [0.2, 0.25) is 0 Å². The number of imidazole rings is 1. The molecule has 2 N–H and O–H groups in total. The van der Waals surface area contributed by atoms with Gasteiger partial charge in [-0.1, -0.05) is 12.1 Å². The zero-order valence-electron chi connectivity index (χ0n) is 10.6. The molecule has 0 radical (unpaired) electrons. The van der Waals surface area contributed by atoms with Crippen LogP contribution in [0.3, 0.4) is 0 Å². The molecule has 3 aromatic rings. The summed E-state index contributed by atoms with van der Waals surface area (Å²) in [6.07, 6.45) is 5.24. The zero-order chi connectivity index (χ0) is 13.2. The number of benzene rings is 1. The Morgan fingerprint density at radius 3 is 2.89 bits per heavy atom. The van der Waals surface area contributed by atoms with Gasteiger partial charge in [-0.05, 0) is 12.1 Å². The average molecular weight is 254 g/mol. The molecule has 0 fully saturated rings. The number of nitrogen functional groups attached to an aromatic ring is 1. The summed E-state index contributed by atoms with van der Waals surface area (Å²) < 4.78 is 3.78. The molecule has 0 saturated carbocycles. The number of anilines is 1. The van der Waals surface area contributed by atoms with Gasteiger partial charge in [0.25, 0.3) is 0 Å². The Balaban J connectivity index is 1.97. The normalized spacial score (nSPS) is 10.8. The lowest BCUT2D eigenvalue weighted by atomic mass is 10.2. The highest BCUT2D eigenvalue weighted by Gasteiger charge is 2.09. The molecule has 0 amide bonds. The standard InChI is InChI=1S/C13H14N6/c1-18-12(16-9-17-18)8-19-6-5-15-13(19)10-3-2-4-11(14)7-10/h2-7,9H,8,14H2,1H3. The lowest BCUT2D eigenvalue weighted by Crippen LogP contribution is -2.07. The number of hydrogen-bond acceptors (Lipinski definition) is 4. The van der Waals surface area contributed by atoms with Gasteiger partial charge in [-0.3, -0.25) is 4.68 Å². The second kappa shape index (κ2) is 4.56. The van der Waals surface area contributed by atoms with Crippen molar-refractivity contribution in [3.63, 3.8) is 0 Å². The predicted molar refractivity (Wildman–Crippen MR) is 72.2 cm³/mol. The van der Waals surface area contributed by atoms with E-state index in [9.17, 15) is 0 Å². The van der Waals surface area contributed by atoms with Crippen molar-refractivity contribution in [3.8, 4) is 11.4 Å². The maximum atomic E-state index is 5.81. The molecule has 19 heavy (non-hydrogen) atoms. The Morgan fingerprint density at radius 1 is 1.26 bits per heavy atom. The molecular formula is C13H14N6. The molecule has 0 aliphatic rings. The van der Waals surface area contributed by atoms with Crippen LogP contribution in [0.1, 0.15) is 5.82 Å². The van der Waals surface area contributed by atoms with E-state index in [0.29, 0.717) is 6.54 Å². The smallest absolute Gasteiger partial charge is 0.146 e. The van der Waals surface area contributed by atoms with Crippen LogP contribution in [0.15, 0.2) is 43.0 Å². The maximum Gasteiger partial charge on any atom is 0.146 e. The van der Waals surface area contributed by atoms with E-state index in [-0.39, 0.29) is 0 Å². The minimum Gasteiger partial charge on any atom is -0.399 e. The van der Waals surface area contributed by atoms with Crippen molar-refractivity contribution in [2.24, 2.45) is 7.05 Å². The fourth-order valence-electron chi connectivity index (χ4n) is 1.99. The molecular weight excluding hydrogens is 240 g/mol. The van der Waals surface area contributed by atoms with Crippen LogP contribution in [0.5, 0.6) is 0 Å². The highest BCUT2D eigenvalue weighted by atomic mass is 15.3. The largest absolute Gasteiger partial charge is 0.399 e. The predicted octanol–water partition coefficient (Wildman–Crippen LogP) is 1.31. The molecule has 0 unspecified atom stereocenters. The van der Waals surface area contributed by atoms with Crippen molar-refractivity contribution in [3.05, 3.63) is 48.8 Å². The van der Waals surface area contributed by atoms with Crippen molar-refractivity contribution in [2.75, 3.05) is 5.73 Å². The summed E-state index contributed by atoms with van der Waals surface area (Å²) in [6.45, 7) is 0.626. The first-order valence-electron chi connectivity index (χ1n) is 5.94. The SMILES string of the molecule is Cn1ncnc1Cn1ccnc1-c1cccc(N)c1. The van der Waals surface area contributed by atoms with Gasteiger partial charge in [0, 0.05) is 30.7 Å².